The second-order valence-corrected chi connectivity index (χ2v) is 8.94. The van der Waals surface area contributed by atoms with Crippen molar-refractivity contribution in [3.8, 4) is 0 Å². The molecule has 0 saturated heterocycles. The van der Waals surface area contributed by atoms with Gasteiger partial charge in [-0.3, -0.25) is 24.2 Å². The van der Waals surface area contributed by atoms with Crippen LogP contribution >= 0.6 is 11.8 Å². The Morgan fingerprint density at radius 1 is 0.917 bits per heavy atom. The molecule has 15 nitrogen and oxygen atoms in total. The summed E-state index contributed by atoms with van der Waals surface area (Å²) in [5.41, 5.74) is 16.4. The first kappa shape index (κ1) is 32.9. The molecule has 0 aliphatic heterocycles. The number of carbonyl (C=O) groups is 5. The number of carboxylic acids is 2. The molecule has 0 aromatic heterocycles. The molecule has 0 spiro atoms. The molecule has 12 N–H and O–H groups in total. The molecule has 0 aliphatic carbocycles. The van der Waals surface area contributed by atoms with E-state index in [1.54, 1.807) is 0 Å². The Bertz CT molecular complexity index is 792. The number of guanidine groups is 1. The maximum absolute atomic E-state index is 13.0. The van der Waals surface area contributed by atoms with E-state index in [0.29, 0.717) is 12.2 Å². The molecule has 36 heavy (non-hydrogen) atoms. The van der Waals surface area contributed by atoms with Crippen LogP contribution in [0.2, 0.25) is 0 Å². The predicted molar refractivity (Wildman–Crippen MR) is 133 cm³/mol. The van der Waals surface area contributed by atoms with Gasteiger partial charge in [-0.25, -0.2) is 4.79 Å². The highest BCUT2D eigenvalue weighted by atomic mass is 32.2. The van der Waals surface area contributed by atoms with Crippen molar-refractivity contribution in [1.82, 2.24) is 16.0 Å². The average Bonchev–Trinajstić information content (AvgIpc) is 2.79. The molecule has 0 aromatic rings. The van der Waals surface area contributed by atoms with Crippen molar-refractivity contribution in [2.45, 2.75) is 69.3 Å². The zero-order chi connectivity index (χ0) is 27.8. The topological polar surface area (TPSA) is 273 Å². The van der Waals surface area contributed by atoms with Gasteiger partial charge in [0.2, 0.25) is 17.7 Å². The average molecular weight is 536 g/mol. The van der Waals surface area contributed by atoms with Crippen LogP contribution in [-0.4, -0.2) is 99.8 Å². The Morgan fingerprint density at radius 2 is 1.47 bits per heavy atom. The van der Waals surface area contributed by atoms with Gasteiger partial charge in [-0.2, -0.15) is 11.8 Å². The summed E-state index contributed by atoms with van der Waals surface area (Å²) in [7, 11) is 0. The van der Waals surface area contributed by atoms with Gasteiger partial charge in [0.15, 0.2) is 12.0 Å². The third-order valence-corrected chi connectivity index (χ3v) is 5.52. The molecule has 0 saturated carbocycles. The number of carbonyl (C=O) groups excluding carboxylic acids is 3. The zero-order valence-electron chi connectivity index (χ0n) is 20.3. The van der Waals surface area contributed by atoms with E-state index in [2.05, 4.69) is 20.9 Å². The first-order valence-corrected chi connectivity index (χ1v) is 12.5. The number of aliphatic hydroxyl groups excluding tert-OH is 1. The quantitative estimate of drug-likeness (QED) is 0.0479. The SMILES string of the molecule is CSCCC(N)C(=O)NC(CCC(=O)O)C(=O)NC(CCCN=C(N)N)C(=O)NC(C(=O)O)C(C)O. The number of hydrogen-bond donors (Lipinski definition) is 9. The summed E-state index contributed by atoms with van der Waals surface area (Å²) >= 11 is 1.47. The minimum absolute atomic E-state index is 0.0344. The third kappa shape index (κ3) is 13.7. The monoisotopic (exact) mass is 535 g/mol. The number of hydrogen-bond acceptors (Lipinski definition) is 9. The highest BCUT2D eigenvalue weighted by molar-refractivity contribution is 7.98. The summed E-state index contributed by atoms with van der Waals surface area (Å²) in [6.45, 7) is 1.27. The van der Waals surface area contributed by atoms with Crippen molar-refractivity contribution in [3.05, 3.63) is 0 Å². The van der Waals surface area contributed by atoms with Crippen LogP contribution in [0.25, 0.3) is 0 Å². The number of amides is 3. The van der Waals surface area contributed by atoms with E-state index in [-0.39, 0.29) is 31.8 Å². The number of nitrogens with two attached hydrogens (primary N) is 3. The van der Waals surface area contributed by atoms with Gasteiger partial charge in [-0.1, -0.05) is 0 Å². The number of rotatable bonds is 18. The Morgan fingerprint density at radius 3 is 1.97 bits per heavy atom. The highest BCUT2D eigenvalue weighted by Crippen LogP contribution is 2.06. The summed E-state index contributed by atoms with van der Waals surface area (Å²) in [6, 6.07) is -5.21. The Balaban J connectivity index is 5.64. The van der Waals surface area contributed by atoms with E-state index >= 15 is 0 Å². The minimum Gasteiger partial charge on any atom is -0.481 e. The van der Waals surface area contributed by atoms with Crippen molar-refractivity contribution in [2.75, 3.05) is 18.6 Å². The fourth-order valence-electron chi connectivity index (χ4n) is 2.88. The van der Waals surface area contributed by atoms with E-state index in [9.17, 15) is 34.2 Å². The van der Waals surface area contributed by atoms with Gasteiger partial charge in [-0.05, 0) is 44.6 Å². The van der Waals surface area contributed by atoms with Crippen LogP contribution in [0.1, 0.15) is 39.0 Å². The van der Waals surface area contributed by atoms with Gasteiger partial charge in [0, 0.05) is 13.0 Å². The van der Waals surface area contributed by atoms with Crippen molar-refractivity contribution >= 4 is 47.4 Å². The Labute approximate surface area is 213 Å². The van der Waals surface area contributed by atoms with Crippen molar-refractivity contribution in [3.63, 3.8) is 0 Å². The van der Waals surface area contributed by atoms with Crippen LogP contribution in [0.4, 0.5) is 0 Å². The molecule has 5 unspecified atom stereocenters. The molecule has 0 aliphatic rings. The number of carboxylic acid groups (broad SMARTS) is 2. The smallest absolute Gasteiger partial charge is 0.328 e. The summed E-state index contributed by atoms with van der Waals surface area (Å²) in [4.78, 5) is 64.3. The molecule has 0 aromatic carbocycles. The molecule has 3 amide bonds. The zero-order valence-corrected chi connectivity index (χ0v) is 21.1. The lowest BCUT2D eigenvalue weighted by molar-refractivity contribution is -0.145. The van der Waals surface area contributed by atoms with Gasteiger partial charge < -0.3 is 48.5 Å². The van der Waals surface area contributed by atoms with Crippen LogP contribution in [0, 0.1) is 0 Å². The van der Waals surface area contributed by atoms with E-state index in [4.69, 9.17) is 22.3 Å². The van der Waals surface area contributed by atoms with Gasteiger partial charge in [-0.15, -0.1) is 0 Å². The molecular formula is C20H37N7O8S. The fraction of sp³-hybridized carbons (Fsp3) is 0.700. The maximum Gasteiger partial charge on any atom is 0.328 e. The summed E-state index contributed by atoms with van der Waals surface area (Å²) in [6.07, 6.45) is 0.153. The van der Waals surface area contributed by atoms with Crippen LogP contribution in [0.5, 0.6) is 0 Å². The van der Waals surface area contributed by atoms with E-state index < -0.39 is 66.4 Å². The van der Waals surface area contributed by atoms with Gasteiger partial charge >= 0.3 is 11.9 Å². The van der Waals surface area contributed by atoms with E-state index in [1.807, 2.05) is 6.26 Å². The standard InChI is InChI=1S/C20H37N7O8S/c1-10(28)15(19(34)35)27-18(33)12(4-3-8-24-20(22)23)26-17(32)13(5-6-14(29)30)25-16(31)11(21)7-9-36-2/h10-13,15,28H,3-9,21H2,1-2H3,(H,25,31)(H,26,32)(H,27,33)(H,29,30)(H,34,35)(H4,22,23,24). The molecule has 5 atom stereocenters. The molecule has 0 radical (unpaired) electrons. The van der Waals surface area contributed by atoms with Gasteiger partial charge in [0.05, 0.1) is 12.1 Å². The van der Waals surface area contributed by atoms with E-state index in [1.165, 1.54) is 18.7 Å². The lowest BCUT2D eigenvalue weighted by Gasteiger charge is -2.25. The number of nitrogens with zero attached hydrogens (tertiary/aromatic N) is 1. The molecular weight excluding hydrogens is 498 g/mol. The van der Waals surface area contributed by atoms with Crippen molar-refractivity contribution in [2.24, 2.45) is 22.2 Å². The lowest BCUT2D eigenvalue weighted by atomic mass is 10.1. The van der Waals surface area contributed by atoms with Gasteiger partial charge in [0.1, 0.15) is 12.1 Å². The normalized spacial score (nSPS) is 14.9. The molecule has 0 bridgehead atoms. The Hall–Kier alpha value is -3.11. The van der Waals surface area contributed by atoms with E-state index in [0.717, 1.165) is 0 Å². The summed E-state index contributed by atoms with van der Waals surface area (Å²) in [5.74, 6) is -4.74. The minimum atomic E-state index is -1.65. The summed E-state index contributed by atoms with van der Waals surface area (Å²) in [5, 5.41) is 34.9. The van der Waals surface area contributed by atoms with Crippen molar-refractivity contribution < 1.29 is 39.3 Å². The highest BCUT2D eigenvalue weighted by Gasteiger charge is 2.31. The Kier molecular flexibility index (Phi) is 15.8. The third-order valence-electron chi connectivity index (χ3n) is 4.87. The lowest BCUT2D eigenvalue weighted by Crippen LogP contribution is -2.58. The van der Waals surface area contributed by atoms with Crippen LogP contribution in [0.15, 0.2) is 4.99 Å². The molecule has 0 fully saturated rings. The second kappa shape index (κ2) is 17.3. The number of thioether (sulfide) groups is 1. The molecule has 0 rings (SSSR count). The van der Waals surface area contributed by atoms with Crippen LogP contribution in [0.3, 0.4) is 0 Å². The number of aliphatic imine (C=N–C) groups is 1. The van der Waals surface area contributed by atoms with Crippen LogP contribution < -0.4 is 33.2 Å². The van der Waals surface area contributed by atoms with Crippen LogP contribution in [-0.2, 0) is 24.0 Å². The number of aliphatic carboxylic acids is 2. The molecule has 206 valence electrons. The summed E-state index contributed by atoms with van der Waals surface area (Å²) < 4.78 is 0. The first-order valence-electron chi connectivity index (χ1n) is 11.1. The predicted octanol–water partition coefficient (Wildman–Crippen LogP) is -3.09. The first-order chi connectivity index (χ1) is 16.8. The van der Waals surface area contributed by atoms with Gasteiger partial charge in [0.25, 0.3) is 0 Å². The fourth-order valence-corrected chi connectivity index (χ4v) is 3.37. The molecule has 16 heteroatoms. The maximum atomic E-state index is 13.0. The largest absolute Gasteiger partial charge is 0.481 e. The molecule has 0 heterocycles. The number of nitrogens with one attached hydrogen (secondary N) is 3. The van der Waals surface area contributed by atoms with Crippen molar-refractivity contribution in [1.29, 1.82) is 0 Å². The second-order valence-electron chi connectivity index (χ2n) is 7.96. The number of aliphatic hydroxyl groups is 1.